The van der Waals surface area contributed by atoms with Gasteiger partial charge in [0.05, 0.1) is 25.4 Å². The Morgan fingerprint density at radius 2 is 0.770 bits per heavy atom. The summed E-state index contributed by atoms with van der Waals surface area (Å²) < 4.78 is 11.3. The number of nitrogens with one attached hydrogen (secondary N) is 1. The van der Waals surface area contributed by atoms with Gasteiger partial charge in [-0.1, -0.05) is 314 Å². The third kappa shape index (κ3) is 43.6. The number of aliphatic hydroxyl groups excluding tert-OH is 5. The van der Waals surface area contributed by atoms with Crippen molar-refractivity contribution < 1.29 is 39.8 Å². The molecule has 1 fully saturated rings. The zero-order valence-corrected chi connectivity index (χ0v) is 48.9. The van der Waals surface area contributed by atoms with Crippen molar-refractivity contribution in [3.63, 3.8) is 0 Å². The van der Waals surface area contributed by atoms with E-state index in [4.69, 9.17) is 9.47 Å². The normalized spacial score (nSPS) is 19.0. The van der Waals surface area contributed by atoms with E-state index < -0.39 is 49.5 Å². The predicted octanol–water partition coefficient (Wildman–Crippen LogP) is 16.9. The highest BCUT2D eigenvalue weighted by Crippen LogP contribution is 2.23. The molecule has 7 unspecified atom stereocenters. The van der Waals surface area contributed by atoms with Crippen molar-refractivity contribution in [2.24, 2.45) is 0 Å². The molecule has 0 aromatic rings. The molecule has 9 heteroatoms. The van der Waals surface area contributed by atoms with Crippen LogP contribution in [0.5, 0.6) is 0 Å². The summed E-state index contributed by atoms with van der Waals surface area (Å²) in [5.74, 6) is -0.179. The maximum Gasteiger partial charge on any atom is 0.220 e. The first-order valence-corrected chi connectivity index (χ1v) is 32.6. The minimum Gasteiger partial charge on any atom is -0.394 e. The van der Waals surface area contributed by atoms with E-state index >= 15 is 0 Å². The SMILES string of the molecule is CCCCCCCCCCCCCC/C=C/CC/C=C/C(O)C(COC1OC(CO)C(O)C(O)C1O)NC(=O)CCCCCCCCCCCCCCCCCCCCCCCCCCCCCCCCCCC. The predicted molar refractivity (Wildman–Crippen MR) is 314 cm³/mol. The van der Waals surface area contributed by atoms with Crippen molar-refractivity contribution in [3.05, 3.63) is 24.3 Å². The van der Waals surface area contributed by atoms with E-state index in [1.165, 1.54) is 270 Å². The Morgan fingerprint density at radius 1 is 0.446 bits per heavy atom. The van der Waals surface area contributed by atoms with Crippen LogP contribution >= 0.6 is 0 Å². The van der Waals surface area contributed by atoms with Gasteiger partial charge in [-0.3, -0.25) is 4.79 Å². The second-order valence-electron chi connectivity index (χ2n) is 22.9. The molecule has 9 nitrogen and oxygen atoms in total. The van der Waals surface area contributed by atoms with E-state index in [1.807, 2.05) is 6.08 Å². The molecular weight excluding hydrogens is 923 g/mol. The first kappa shape index (κ1) is 70.7. The number of rotatable bonds is 57. The van der Waals surface area contributed by atoms with E-state index in [1.54, 1.807) is 6.08 Å². The summed E-state index contributed by atoms with van der Waals surface area (Å²) >= 11 is 0. The van der Waals surface area contributed by atoms with Crippen LogP contribution < -0.4 is 5.32 Å². The van der Waals surface area contributed by atoms with Crippen molar-refractivity contribution in [2.75, 3.05) is 13.2 Å². The van der Waals surface area contributed by atoms with Gasteiger partial charge >= 0.3 is 0 Å². The molecule has 1 rings (SSSR count). The largest absolute Gasteiger partial charge is 0.394 e. The van der Waals surface area contributed by atoms with Crippen molar-refractivity contribution in [1.29, 1.82) is 0 Å². The van der Waals surface area contributed by atoms with E-state index in [-0.39, 0.29) is 12.5 Å². The summed E-state index contributed by atoms with van der Waals surface area (Å²) in [6.45, 7) is 3.81. The summed E-state index contributed by atoms with van der Waals surface area (Å²) in [7, 11) is 0. The molecule has 74 heavy (non-hydrogen) atoms. The number of unbranched alkanes of at least 4 members (excludes halogenated alkanes) is 45. The van der Waals surface area contributed by atoms with Crippen LogP contribution in [0.15, 0.2) is 24.3 Å². The van der Waals surface area contributed by atoms with Crippen LogP contribution in [0.2, 0.25) is 0 Å². The number of ether oxygens (including phenoxy) is 2. The lowest BCUT2D eigenvalue weighted by Crippen LogP contribution is -2.60. The summed E-state index contributed by atoms with van der Waals surface area (Å²) in [5.41, 5.74) is 0. The third-order valence-electron chi connectivity index (χ3n) is 15.8. The van der Waals surface area contributed by atoms with Gasteiger partial charge in [0, 0.05) is 6.42 Å². The average Bonchev–Trinajstić information content (AvgIpc) is 3.40. The van der Waals surface area contributed by atoms with Crippen LogP contribution in [-0.4, -0.2) is 87.5 Å². The molecule has 0 spiro atoms. The van der Waals surface area contributed by atoms with Gasteiger partial charge in [-0.15, -0.1) is 0 Å². The molecule has 7 atom stereocenters. The fraction of sp³-hybridized carbons (Fsp3) is 0.923. The van der Waals surface area contributed by atoms with Crippen LogP contribution in [0.3, 0.4) is 0 Å². The Kier molecular flexibility index (Phi) is 52.5. The molecule has 0 radical (unpaired) electrons. The average molecular weight is 1050 g/mol. The van der Waals surface area contributed by atoms with Crippen LogP contribution in [0.1, 0.15) is 328 Å². The molecule has 0 saturated carbocycles. The summed E-state index contributed by atoms with van der Waals surface area (Å²) in [5, 5.41) is 54.6. The monoisotopic (exact) mass is 1050 g/mol. The molecule has 1 aliphatic rings. The smallest absolute Gasteiger partial charge is 0.220 e. The Labute approximate surface area is 458 Å². The lowest BCUT2D eigenvalue weighted by atomic mass is 9.99. The molecule has 438 valence electrons. The van der Waals surface area contributed by atoms with Gasteiger partial charge in [0.15, 0.2) is 6.29 Å². The molecule has 1 amide bonds. The minimum absolute atomic E-state index is 0.179. The Hall–Kier alpha value is -1.33. The first-order chi connectivity index (χ1) is 36.3. The summed E-state index contributed by atoms with van der Waals surface area (Å²) in [6, 6.07) is -0.819. The molecular formula is C65H125NO8. The van der Waals surface area contributed by atoms with Crippen molar-refractivity contribution in [1.82, 2.24) is 5.32 Å². The lowest BCUT2D eigenvalue weighted by Gasteiger charge is -2.40. The van der Waals surface area contributed by atoms with Crippen LogP contribution in [-0.2, 0) is 14.3 Å². The van der Waals surface area contributed by atoms with Gasteiger partial charge in [0.25, 0.3) is 0 Å². The molecule has 0 aliphatic carbocycles. The second-order valence-corrected chi connectivity index (χ2v) is 22.9. The third-order valence-corrected chi connectivity index (χ3v) is 15.8. The number of aliphatic hydroxyl groups is 5. The maximum atomic E-state index is 13.1. The number of allylic oxidation sites excluding steroid dienone is 3. The number of hydrogen-bond acceptors (Lipinski definition) is 8. The molecule has 1 aliphatic heterocycles. The highest BCUT2D eigenvalue weighted by atomic mass is 16.7. The number of carbonyl (C=O) groups excluding carboxylic acids is 1. The zero-order valence-electron chi connectivity index (χ0n) is 48.9. The second kappa shape index (κ2) is 55.0. The van der Waals surface area contributed by atoms with Gasteiger partial charge < -0.3 is 40.3 Å². The van der Waals surface area contributed by atoms with Crippen molar-refractivity contribution >= 4 is 5.91 Å². The van der Waals surface area contributed by atoms with Crippen LogP contribution in [0.25, 0.3) is 0 Å². The standard InChI is InChI=1S/C65H125NO8/c1-3-5-7-9-11-13-15-17-19-21-23-24-25-26-27-28-29-30-31-32-33-34-35-36-37-39-41-43-45-47-49-51-53-55-61(69)66-58(57-73-65-64(72)63(71)62(70)60(56-67)74-65)59(68)54-52-50-48-46-44-42-40-38-22-20-18-16-14-12-10-8-6-4-2/h44,46,52,54,58-60,62-65,67-68,70-72H,3-43,45,47-51,53,55-57H2,1-2H3,(H,66,69)/b46-44+,54-52+. The highest BCUT2D eigenvalue weighted by Gasteiger charge is 2.44. The van der Waals surface area contributed by atoms with E-state index in [0.717, 1.165) is 38.5 Å². The Balaban J connectivity index is 2.11. The van der Waals surface area contributed by atoms with Crippen LogP contribution in [0.4, 0.5) is 0 Å². The van der Waals surface area contributed by atoms with Crippen LogP contribution in [0, 0.1) is 0 Å². The van der Waals surface area contributed by atoms with Gasteiger partial charge in [-0.2, -0.15) is 0 Å². The van der Waals surface area contributed by atoms with Gasteiger partial charge in [-0.05, 0) is 32.1 Å². The van der Waals surface area contributed by atoms with Crippen molar-refractivity contribution in [3.8, 4) is 0 Å². The van der Waals surface area contributed by atoms with E-state index in [9.17, 15) is 30.3 Å². The lowest BCUT2D eigenvalue weighted by molar-refractivity contribution is -0.302. The van der Waals surface area contributed by atoms with Gasteiger partial charge in [-0.25, -0.2) is 0 Å². The summed E-state index contributed by atoms with van der Waals surface area (Å²) in [6.07, 6.45) is 64.3. The number of hydrogen-bond donors (Lipinski definition) is 6. The van der Waals surface area contributed by atoms with E-state index in [2.05, 4.69) is 31.3 Å². The van der Waals surface area contributed by atoms with Gasteiger partial charge in [0.2, 0.25) is 5.91 Å². The fourth-order valence-electron chi connectivity index (χ4n) is 10.6. The number of carbonyl (C=O) groups is 1. The minimum atomic E-state index is -1.57. The number of amides is 1. The molecule has 0 aromatic heterocycles. The molecule has 0 bridgehead atoms. The maximum absolute atomic E-state index is 13.1. The molecule has 1 saturated heterocycles. The molecule has 1 heterocycles. The van der Waals surface area contributed by atoms with Crippen molar-refractivity contribution in [2.45, 2.75) is 371 Å². The Bertz CT molecular complexity index is 1210. The van der Waals surface area contributed by atoms with Gasteiger partial charge in [0.1, 0.15) is 24.4 Å². The highest BCUT2D eigenvalue weighted by molar-refractivity contribution is 5.76. The quantitative estimate of drug-likeness (QED) is 0.0261. The Morgan fingerprint density at radius 3 is 1.14 bits per heavy atom. The first-order valence-electron chi connectivity index (χ1n) is 32.6. The summed E-state index contributed by atoms with van der Waals surface area (Å²) in [4.78, 5) is 13.1. The van der Waals surface area contributed by atoms with E-state index in [0.29, 0.717) is 6.42 Å². The molecule has 0 aromatic carbocycles. The topological polar surface area (TPSA) is 149 Å². The fourth-order valence-corrected chi connectivity index (χ4v) is 10.6. The molecule has 6 N–H and O–H groups in total. The zero-order chi connectivity index (χ0) is 53.6.